The van der Waals surface area contributed by atoms with Crippen molar-refractivity contribution in [2.45, 2.75) is 18.8 Å². The Labute approximate surface area is 102 Å². The van der Waals surface area contributed by atoms with Crippen LogP contribution in [0.3, 0.4) is 0 Å². The zero-order chi connectivity index (χ0) is 12.0. The topological polar surface area (TPSA) is 87.0 Å². The molecule has 92 valence electrons. The first kappa shape index (κ1) is 11.0. The normalized spacial score (nSPS) is 25.0. The Balaban J connectivity index is 2.02. The van der Waals surface area contributed by atoms with Crippen molar-refractivity contribution in [3.63, 3.8) is 0 Å². The zero-order valence-electron chi connectivity index (χ0n) is 9.15. The average molecular weight is 254 g/mol. The lowest BCUT2D eigenvalue weighted by atomic mass is 10.3. The summed E-state index contributed by atoms with van der Waals surface area (Å²) in [5.74, 6) is 0.773. The summed E-state index contributed by atoms with van der Waals surface area (Å²) in [6, 6.07) is 0. The third-order valence-electron chi connectivity index (χ3n) is 3.09. The van der Waals surface area contributed by atoms with Crippen LogP contribution in [0, 0.1) is 0 Å². The Hall–Kier alpha value is -1.15. The predicted molar refractivity (Wildman–Crippen MR) is 65.2 cm³/mol. The maximum atomic E-state index is 9.56. The number of fused-ring (bicyclic) bond motifs is 1. The molecule has 1 aliphatic rings. The van der Waals surface area contributed by atoms with E-state index in [1.807, 2.05) is 20.9 Å². The lowest BCUT2D eigenvalue weighted by molar-refractivity contribution is 0.0572. The molecule has 1 saturated heterocycles. The van der Waals surface area contributed by atoms with E-state index in [2.05, 4.69) is 4.98 Å². The molecule has 2 unspecified atom stereocenters. The quantitative estimate of drug-likeness (QED) is 0.666. The molecular weight excluding hydrogens is 240 g/mol. The number of nitrogens with zero attached hydrogens (tertiary/aromatic N) is 3. The van der Waals surface area contributed by atoms with Crippen LogP contribution in [0.15, 0.2) is 11.6 Å². The Kier molecular flexibility index (Phi) is 2.55. The summed E-state index contributed by atoms with van der Waals surface area (Å²) in [5, 5.41) is 21.1. The minimum absolute atomic E-state index is 0.385. The molecule has 0 bridgehead atoms. The van der Waals surface area contributed by atoms with Gasteiger partial charge in [0.1, 0.15) is 0 Å². The zero-order valence-corrected chi connectivity index (χ0v) is 9.97. The van der Waals surface area contributed by atoms with E-state index in [4.69, 9.17) is 5.73 Å². The number of thiazole rings is 1. The third-order valence-corrected chi connectivity index (χ3v) is 3.85. The van der Waals surface area contributed by atoms with E-state index in [0.717, 1.165) is 16.5 Å². The molecule has 2 atom stereocenters. The fraction of sp³-hybridized carbons (Fsp3) is 0.500. The summed E-state index contributed by atoms with van der Waals surface area (Å²) >= 11 is 1.54. The molecule has 0 spiro atoms. The van der Waals surface area contributed by atoms with Crippen LogP contribution in [-0.2, 0) is 6.54 Å². The number of nitrogens with two attached hydrogens (primary N) is 1. The van der Waals surface area contributed by atoms with E-state index in [1.54, 1.807) is 11.3 Å². The lowest BCUT2D eigenvalue weighted by Crippen LogP contribution is -2.23. The molecule has 0 aliphatic carbocycles. The Morgan fingerprint density at radius 3 is 2.76 bits per heavy atom. The fourth-order valence-corrected chi connectivity index (χ4v) is 2.93. The molecule has 6 nitrogen and oxygen atoms in total. The summed E-state index contributed by atoms with van der Waals surface area (Å²) in [6.07, 6.45) is 0.516. The van der Waals surface area contributed by atoms with Gasteiger partial charge in [-0.2, -0.15) is 0 Å². The van der Waals surface area contributed by atoms with E-state index in [1.165, 1.54) is 0 Å². The van der Waals surface area contributed by atoms with Gasteiger partial charge in [-0.25, -0.2) is 4.98 Å². The number of anilines is 1. The highest BCUT2D eigenvalue weighted by Crippen LogP contribution is 2.27. The standard InChI is InChI=1S/C10H14N4O2S/c11-3-6-9(12-10-14(6)1-2-17-10)13-4-7(15)8(16)5-13/h1-2,7-8,15-16H,3-5,11H2. The monoisotopic (exact) mass is 254 g/mol. The summed E-state index contributed by atoms with van der Waals surface area (Å²) < 4.78 is 1.96. The second-order valence-corrected chi connectivity index (χ2v) is 5.05. The molecule has 17 heavy (non-hydrogen) atoms. The summed E-state index contributed by atoms with van der Waals surface area (Å²) in [6.45, 7) is 1.19. The molecule has 0 amide bonds. The Bertz CT molecular complexity index is 527. The van der Waals surface area contributed by atoms with Crippen LogP contribution in [-0.4, -0.2) is 44.9 Å². The number of β-amino-alcohol motifs (C(OH)–C–C–N with tert-alkyl or cyclic N) is 2. The van der Waals surface area contributed by atoms with Crippen molar-refractivity contribution in [2.75, 3.05) is 18.0 Å². The molecule has 2 aromatic heterocycles. The molecule has 2 aromatic rings. The number of rotatable bonds is 2. The molecule has 1 fully saturated rings. The highest BCUT2D eigenvalue weighted by atomic mass is 32.1. The number of aromatic nitrogens is 2. The first-order valence-electron chi connectivity index (χ1n) is 5.46. The van der Waals surface area contributed by atoms with Crippen molar-refractivity contribution >= 4 is 22.1 Å². The Morgan fingerprint density at radius 1 is 1.41 bits per heavy atom. The minimum Gasteiger partial charge on any atom is -0.389 e. The second-order valence-electron chi connectivity index (χ2n) is 4.18. The van der Waals surface area contributed by atoms with Gasteiger partial charge in [0.15, 0.2) is 10.8 Å². The molecule has 0 aromatic carbocycles. The highest BCUT2D eigenvalue weighted by molar-refractivity contribution is 7.15. The van der Waals surface area contributed by atoms with Gasteiger partial charge in [0, 0.05) is 31.2 Å². The molecule has 0 radical (unpaired) electrons. The molecule has 1 aliphatic heterocycles. The molecule has 4 N–H and O–H groups in total. The van der Waals surface area contributed by atoms with Gasteiger partial charge >= 0.3 is 0 Å². The molecular formula is C10H14N4O2S. The van der Waals surface area contributed by atoms with Crippen molar-refractivity contribution in [2.24, 2.45) is 5.73 Å². The first-order chi connectivity index (χ1) is 8.20. The maximum absolute atomic E-state index is 9.56. The van der Waals surface area contributed by atoms with Gasteiger partial charge in [0.2, 0.25) is 0 Å². The number of aliphatic hydroxyl groups excluding tert-OH is 2. The first-order valence-corrected chi connectivity index (χ1v) is 6.34. The molecule has 3 rings (SSSR count). The predicted octanol–water partition coefficient (Wildman–Crippen LogP) is -0.604. The smallest absolute Gasteiger partial charge is 0.195 e. The highest BCUT2D eigenvalue weighted by Gasteiger charge is 2.32. The SMILES string of the molecule is NCc1c(N2CC(O)C(O)C2)nc2sccn12. The molecule has 0 saturated carbocycles. The van der Waals surface area contributed by atoms with E-state index < -0.39 is 12.2 Å². The van der Waals surface area contributed by atoms with E-state index in [0.29, 0.717) is 19.6 Å². The van der Waals surface area contributed by atoms with Gasteiger partial charge < -0.3 is 20.8 Å². The average Bonchev–Trinajstić information content (AvgIpc) is 2.93. The Morgan fingerprint density at radius 2 is 2.12 bits per heavy atom. The lowest BCUT2D eigenvalue weighted by Gasteiger charge is -2.15. The van der Waals surface area contributed by atoms with Crippen LogP contribution in [0.4, 0.5) is 5.82 Å². The van der Waals surface area contributed by atoms with Gasteiger partial charge in [0.05, 0.1) is 17.9 Å². The maximum Gasteiger partial charge on any atom is 0.195 e. The number of hydrogen-bond donors (Lipinski definition) is 3. The van der Waals surface area contributed by atoms with Crippen LogP contribution >= 0.6 is 11.3 Å². The van der Waals surface area contributed by atoms with Crippen LogP contribution in [0.2, 0.25) is 0 Å². The number of hydrogen-bond acceptors (Lipinski definition) is 6. The largest absolute Gasteiger partial charge is 0.389 e. The minimum atomic E-state index is -0.708. The van der Waals surface area contributed by atoms with Crippen molar-refractivity contribution in [1.29, 1.82) is 0 Å². The van der Waals surface area contributed by atoms with Crippen LogP contribution < -0.4 is 10.6 Å². The van der Waals surface area contributed by atoms with Crippen LogP contribution in [0.25, 0.3) is 4.96 Å². The van der Waals surface area contributed by atoms with Gasteiger partial charge in [0.25, 0.3) is 0 Å². The fourth-order valence-electron chi connectivity index (χ4n) is 2.21. The molecule has 7 heteroatoms. The van der Waals surface area contributed by atoms with Gasteiger partial charge in [-0.15, -0.1) is 11.3 Å². The van der Waals surface area contributed by atoms with Crippen molar-refractivity contribution in [3.05, 3.63) is 17.3 Å². The van der Waals surface area contributed by atoms with Crippen molar-refractivity contribution in [1.82, 2.24) is 9.38 Å². The third kappa shape index (κ3) is 1.62. The van der Waals surface area contributed by atoms with Crippen LogP contribution in [0.5, 0.6) is 0 Å². The van der Waals surface area contributed by atoms with E-state index in [-0.39, 0.29) is 0 Å². The number of aliphatic hydroxyl groups is 2. The summed E-state index contributed by atoms with van der Waals surface area (Å²) in [7, 11) is 0. The van der Waals surface area contributed by atoms with Gasteiger partial charge in [-0.05, 0) is 0 Å². The van der Waals surface area contributed by atoms with Crippen molar-refractivity contribution in [3.8, 4) is 0 Å². The van der Waals surface area contributed by atoms with Crippen molar-refractivity contribution < 1.29 is 10.2 Å². The number of imidazole rings is 1. The van der Waals surface area contributed by atoms with Gasteiger partial charge in [-0.1, -0.05) is 0 Å². The summed E-state index contributed by atoms with van der Waals surface area (Å²) in [5.41, 5.74) is 6.67. The van der Waals surface area contributed by atoms with E-state index in [9.17, 15) is 10.2 Å². The molecule has 3 heterocycles. The summed E-state index contributed by atoms with van der Waals surface area (Å²) in [4.78, 5) is 7.27. The van der Waals surface area contributed by atoms with E-state index >= 15 is 0 Å². The van der Waals surface area contributed by atoms with Crippen LogP contribution in [0.1, 0.15) is 5.69 Å². The van der Waals surface area contributed by atoms with Gasteiger partial charge in [-0.3, -0.25) is 4.40 Å². The second kappa shape index (κ2) is 3.95.